The van der Waals surface area contributed by atoms with Crippen molar-refractivity contribution in [3.8, 4) is 0 Å². The minimum atomic E-state index is -4.26. The van der Waals surface area contributed by atoms with Gasteiger partial charge in [0.15, 0.2) is 0 Å². The van der Waals surface area contributed by atoms with Crippen LogP contribution >= 0.6 is 0 Å². The third kappa shape index (κ3) is 5.70. The van der Waals surface area contributed by atoms with Gasteiger partial charge in [0.1, 0.15) is 6.61 Å². The van der Waals surface area contributed by atoms with Gasteiger partial charge in [-0.25, -0.2) is 0 Å². The molecule has 1 fully saturated rings. The van der Waals surface area contributed by atoms with Gasteiger partial charge in [0.25, 0.3) is 0 Å². The number of hydrogen-bond acceptors (Lipinski definition) is 3. The van der Waals surface area contributed by atoms with Crippen molar-refractivity contribution in [2.24, 2.45) is 17.7 Å². The van der Waals surface area contributed by atoms with E-state index < -0.39 is 12.8 Å². The zero-order valence-electron chi connectivity index (χ0n) is 10.1. The molecule has 3 N–H and O–H groups in total. The summed E-state index contributed by atoms with van der Waals surface area (Å²) in [4.78, 5) is 0. The molecule has 1 aliphatic rings. The summed E-state index contributed by atoms with van der Waals surface area (Å²) in [5.74, 6) is 6.32. The number of nitrogens with two attached hydrogens (primary N) is 1. The molecular formula is C11H21F3N2O. The highest BCUT2D eigenvalue weighted by molar-refractivity contribution is 4.80. The monoisotopic (exact) mass is 254 g/mol. The van der Waals surface area contributed by atoms with E-state index in [-0.39, 0.29) is 12.6 Å². The molecule has 3 nitrogen and oxygen atoms in total. The summed E-state index contributed by atoms with van der Waals surface area (Å²) in [6.07, 6.45) is 0.0539. The molecule has 0 heterocycles. The molecule has 0 spiro atoms. The van der Waals surface area contributed by atoms with Crippen molar-refractivity contribution in [3.05, 3.63) is 0 Å². The summed E-state index contributed by atoms with van der Waals surface area (Å²) in [5, 5.41) is 0. The zero-order chi connectivity index (χ0) is 12.9. The van der Waals surface area contributed by atoms with Gasteiger partial charge in [0.2, 0.25) is 0 Å². The second kappa shape index (κ2) is 6.56. The van der Waals surface area contributed by atoms with Gasteiger partial charge in [0, 0.05) is 6.04 Å². The molecule has 3 unspecified atom stereocenters. The lowest BCUT2D eigenvalue weighted by molar-refractivity contribution is -0.176. The van der Waals surface area contributed by atoms with Crippen LogP contribution < -0.4 is 11.3 Å². The van der Waals surface area contributed by atoms with Gasteiger partial charge >= 0.3 is 6.18 Å². The Labute approximate surface area is 99.9 Å². The summed E-state index contributed by atoms with van der Waals surface area (Å²) in [6.45, 7) is 0.983. The molecule has 0 amide bonds. The van der Waals surface area contributed by atoms with E-state index in [0.717, 1.165) is 19.3 Å². The Hall–Kier alpha value is -0.330. The fourth-order valence-corrected chi connectivity index (χ4v) is 2.47. The summed E-state index contributed by atoms with van der Waals surface area (Å²) >= 11 is 0. The third-order valence-corrected chi connectivity index (χ3v) is 3.32. The van der Waals surface area contributed by atoms with Crippen LogP contribution in [0.15, 0.2) is 0 Å². The topological polar surface area (TPSA) is 47.3 Å². The van der Waals surface area contributed by atoms with Crippen LogP contribution in [-0.2, 0) is 4.74 Å². The molecule has 0 aromatic rings. The first kappa shape index (κ1) is 14.7. The van der Waals surface area contributed by atoms with Crippen molar-refractivity contribution in [1.82, 2.24) is 5.43 Å². The van der Waals surface area contributed by atoms with Crippen molar-refractivity contribution in [3.63, 3.8) is 0 Å². The lowest BCUT2D eigenvalue weighted by atomic mass is 9.79. The number of hydrazine groups is 1. The molecule has 0 aromatic heterocycles. The van der Waals surface area contributed by atoms with E-state index >= 15 is 0 Å². The number of hydrogen-bond donors (Lipinski definition) is 2. The Kier molecular flexibility index (Phi) is 5.69. The number of ether oxygens (including phenoxy) is 1. The Morgan fingerprint density at radius 2 is 2.12 bits per heavy atom. The van der Waals surface area contributed by atoms with Crippen molar-refractivity contribution in [2.45, 2.75) is 44.8 Å². The van der Waals surface area contributed by atoms with Crippen LogP contribution in [0.25, 0.3) is 0 Å². The maximum Gasteiger partial charge on any atom is 0.411 e. The van der Waals surface area contributed by atoms with Gasteiger partial charge < -0.3 is 4.74 Å². The summed E-state index contributed by atoms with van der Waals surface area (Å²) in [7, 11) is 0. The first-order valence-electron chi connectivity index (χ1n) is 6.03. The van der Waals surface area contributed by atoms with Crippen LogP contribution in [0.1, 0.15) is 32.6 Å². The molecule has 1 aliphatic carbocycles. The molecule has 0 saturated heterocycles. The largest absolute Gasteiger partial charge is 0.411 e. The average molecular weight is 254 g/mol. The zero-order valence-corrected chi connectivity index (χ0v) is 10.1. The Morgan fingerprint density at radius 1 is 1.41 bits per heavy atom. The Balaban J connectivity index is 2.32. The maximum absolute atomic E-state index is 11.9. The van der Waals surface area contributed by atoms with Crippen molar-refractivity contribution in [1.29, 1.82) is 0 Å². The van der Waals surface area contributed by atoms with Crippen LogP contribution in [0.3, 0.4) is 0 Å². The summed E-state index contributed by atoms with van der Waals surface area (Å²) < 4.78 is 40.5. The number of rotatable bonds is 5. The molecule has 0 bridgehead atoms. The van der Waals surface area contributed by atoms with E-state index in [1.165, 1.54) is 6.42 Å². The molecule has 1 rings (SSSR count). The predicted octanol–water partition coefficient (Wildman–Crippen LogP) is 2.22. The second-order valence-corrected chi connectivity index (χ2v) is 4.94. The summed E-state index contributed by atoms with van der Waals surface area (Å²) in [5.41, 5.74) is 2.59. The van der Waals surface area contributed by atoms with E-state index in [4.69, 9.17) is 5.84 Å². The lowest BCUT2D eigenvalue weighted by Crippen LogP contribution is -2.46. The van der Waals surface area contributed by atoms with Crippen LogP contribution in [0.2, 0.25) is 0 Å². The van der Waals surface area contributed by atoms with Crippen molar-refractivity contribution in [2.75, 3.05) is 13.2 Å². The number of halogens is 3. The molecule has 0 radical (unpaired) electrons. The third-order valence-electron chi connectivity index (χ3n) is 3.32. The van der Waals surface area contributed by atoms with Crippen molar-refractivity contribution >= 4 is 0 Å². The van der Waals surface area contributed by atoms with Gasteiger partial charge in [-0.2, -0.15) is 13.2 Å². The highest BCUT2D eigenvalue weighted by atomic mass is 19.4. The normalized spacial score (nSPS) is 28.1. The minimum absolute atomic E-state index is 0.0212. The highest BCUT2D eigenvalue weighted by Crippen LogP contribution is 2.30. The molecule has 0 aliphatic heterocycles. The average Bonchev–Trinajstić information content (AvgIpc) is 2.23. The lowest BCUT2D eigenvalue weighted by Gasteiger charge is -2.32. The van der Waals surface area contributed by atoms with Gasteiger partial charge in [-0.05, 0) is 24.7 Å². The molecule has 102 valence electrons. The van der Waals surface area contributed by atoms with Crippen LogP contribution in [-0.4, -0.2) is 25.4 Å². The van der Waals surface area contributed by atoms with Gasteiger partial charge in [0.05, 0.1) is 6.61 Å². The van der Waals surface area contributed by atoms with Crippen LogP contribution in [0.5, 0.6) is 0 Å². The Morgan fingerprint density at radius 3 is 2.65 bits per heavy atom. The van der Waals surface area contributed by atoms with Gasteiger partial charge in [-0.3, -0.25) is 11.3 Å². The van der Waals surface area contributed by atoms with E-state index in [1.54, 1.807) is 0 Å². The fraction of sp³-hybridized carbons (Fsp3) is 1.00. The smallest absolute Gasteiger partial charge is 0.370 e. The standard InChI is InChI=1S/C11H21F3N2O/c1-8-3-2-4-9(5-8)10(16-15)6-17-7-11(12,13)14/h8-10,16H,2-7,15H2,1H3. The van der Waals surface area contributed by atoms with Crippen LogP contribution in [0.4, 0.5) is 13.2 Å². The molecule has 17 heavy (non-hydrogen) atoms. The summed E-state index contributed by atoms with van der Waals surface area (Å²) in [6, 6.07) is -0.180. The molecule has 6 heteroatoms. The molecule has 1 saturated carbocycles. The first-order valence-corrected chi connectivity index (χ1v) is 6.03. The number of nitrogens with one attached hydrogen (secondary N) is 1. The molecule has 3 atom stereocenters. The van der Waals surface area contributed by atoms with E-state index in [2.05, 4.69) is 17.1 Å². The fourth-order valence-electron chi connectivity index (χ4n) is 2.47. The van der Waals surface area contributed by atoms with E-state index in [9.17, 15) is 13.2 Å². The van der Waals surface area contributed by atoms with Crippen LogP contribution in [0, 0.1) is 11.8 Å². The van der Waals surface area contributed by atoms with Gasteiger partial charge in [-0.15, -0.1) is 0 Å². The maximum atomic E-state index is 11.9. The first-order chi connectivity index (χ1) is 7.92. The van der Waals surface area contributed by atoms with E-state index in [1.807, 2.05) is 0 Å². The van der Waals surface area contributed by atoms with Gasteiger partial charge in [-0.1, -0.05) is 19.8 Å². The predicted molar refractivity (Wildman–Crippen MR) is 59.1 cm³/mol. The molecule has 0 aromatic carbocycles. The second-order valence-electron chi connectivity index (χ2n) is 4.94. The molecular weight excluding hydrogens is 233 g/mol. The highest BCUT2D eigenvalue weighted by Gasteiger charge is 2.30. The van der Waals surface area contributed by atoms with Crippen molar-refractivity contribution < 1.29 is 17.9 Å². The SMILES string of the molecule is CC1CCCC(C(COCC(F)(F)F)NN)C1. The minimum Gasteiger partial charge on any atom is -0.370 e. The van der Waals surface area contributed by atoms with E-state index in [0.29, 0.717) is 11.8 Å². The number of alkyl halides is 3. The quantitative estimate of drug-likeness (QED) is 0.584. The Bertz CT molecular complexity index is 223.